The van der Waals surface area contributed by atoms with Crippen molar-refractivity contribution in [1.82, 2.24) is 14.8 Å². The van der Waals surface area contributed by atoms with Gasteiger partial charge >= 0.3 is 0 Å². The number of pyridine rings is 1. The molecular formula is C17H29N3O. The van der Waals surface area contributed by atoms with Crippen molar-refractivity contribution in [2.45, 2.75) is 52.2 Å². The van der Waals surface area contributed by atoms with E-state index in [4.69, 9.17) is 0 Å². The standard InChI is InChI=1S/C17H29N3O/c1-5-17(4)13-20(15(12-18-17)14(2)3)11-10-19-9-7-6-8-16(19)21/h6-9,14-15,18H,5,10-13H2,1-4H3. The molecule has 1 aliphatic heterocycles. The summed E-state index contributed by atoms with van der Waals surface area (Å²) in [5, 5.41) is 3.71. The largest absolute Gasteiger partial charge is 0.314 e. The first kappa shape index (κ1) is 16.2. The van der Waals surface area contributed by atoms with Gasteiger partial charge in [-0.1, -0.05) is 26.8 Å². The summed E-state index contributed by atoms with van der Waals surface area (Å²) in [7, 11) is 0. The third-order valence-electron chi connectivity index (χ3n) is 4.84. The number of hydrogen-bond acceptors (Lipinski definition) is 3. The second-order valence-corrected chi connectivity index (χ2v) is 6.81. The molecule has 2 heterocycles. The van der Waals surface area contributed by atoms with Crippen LogP contribution >= 0.6 is 0 Å². The lowest BCUT2D eigenvalue weighted by Gasteiger charge is -2.47. The van der Waals surface area contributed by atoms with Crippen molar-refractivity contribution in [1.29, 1.82) is 0 Å². The Labute approximate surface area is 128 Å². The molecule has 1 aromatic heterocycles. The first-order valence-electron chi connectivity index (χ1n) is 8.10. The Morgan fingerprint density at radius 3 is 2.76 bits per heavy atom. The van der Waals surface area contributed by atoms with Crippen LogP contribution in [0.3, 0.4) is 0 Å². The summed E-state index contributed by atoms with van der Waals surface area (Å²) in [5.41, 5.74) is 0.277. The van der Waals surface area contributed by atoms with E-state index < -0.39 is 0 Å². The lowest BCUT2D eigenvalue weighted by molar-refractivity contribution is 0.0572. The molecule has 0 saturated carbocycles. The molecule has 0 amide bonds. The van der Waals surface area contributed by atoms with Crippen LogP contribution in [0, 0.1) is 5.92 Å². The predicted molar refractivity (Wildman–Crippen MR) is 87.6 cm³/mol. The number of piperazine rings is 1. The van der Waals surface area contributed by atoms with E-state index in [1.54, 1.807) is 12.1 Å². The quantitative estimate of drug-likeness (QED) is 0.901. The molecule has 118 valence electrons. The molecule has 4 nitrogen and oxygen atoms in total. The normalized spacial score (nSPS) is 27.2. The molecule has 2 rings (SSSR count). The van der Waals surface area contributed by atoms with Gasteiger partial charge in [0.05, 0.1) is 0 Å². The van der Waals surface area contributed by atoms with Gasteiger partial charge in [-0.2, -0.15) is 0 Å². The Morgan fingerprint density at radius 2 is 2.14 bits per heavy atom. The molecule has 2 atom stereocenters. The van der Waals surface area contributed by atoms with Gasteiger partial charge in [0.1, 0.15) is 0 Å². The van der Waals surface area contributed by atoms with Crippen LogP contribution < -0.4 is 10.9 Å². The van der Waals surface area contributed by atoms with Gasteiger partial charge in [0.2, 0.25) is 0 Å². The van der Waals surface area contributed by atoms with E-state index in [9.17, 15) is 4.79 Å². The number of rotatable bonds is 5. The Hall–Kier alpha value is -1.13. The smallest absolute Gasteiger partial charge is 0.250 e. The van der Waals surface area contributed by atoms with Crippen LogP contribution in [0.2, 0.25) is 0 Å². The van der Waals surface area contributed by atoms with Crippen molar-refractivity contribution in [2.75, 3.05) is 19.6 Å². The Kier molecular flexibility index (Phi) is 5.22. The highest BCUT2D eigenvalue weighted by atomic mass is 16.1. The van der Waals surface area contributed by atoms with E-state index >= 15 is 0 Å². The fourth-order valence-corrected chi connectivity index (χ4v) is 3.12. The van der Waals surface area contributed by atoms with E-state index in [1.807, 2.05) is 16.8 Å². The lowest BCUT2D eigenvalue weighted by atomic mass is 9.90. The van der Waals surface area contributed by atoms with E-state index in [0.717, 1.165) is 32.6 Å². The molecule has 1 saturated heterocycles. The van der Waals surface area contributed by atoms with Gasteiger partial charge in [0, 0.05) is 50.0 Å². The minimum atomic E-state index is 0.0898. The highest BCUT2D eigenvalue weighted by Crippen LogP contribution is 2.22. The predicted octanol–water partition coefficient (Wildman–Crippen LogP) is 1.95. The first-order chi connectivity index (χ1) is 9.95. The molecular weight excluding hydrogens is 262 g/mol. The van der Waals surface area contributed by atoms with Gasteiger partial charge in [-0.3, -0.25) is 9.69 Å². The second-order valence-electron chi connectivity index (χ2n) is 6.81. The van der Waals surface area contributed by atoms with Crippen LogP contribution in [0.1, 0.15) is 34.1 Å². The minimum absolute atomic E-state index is 0.0898. The van der Waals surface area contributed by atoms with Gasteiger partial charge in [-0.15, -0.1) is 0 Å². The third-order valence-corrected chi connectivity index (χ3v) is 4.84. The van der Waals surface area contributed by atoms with E-state index in [0.29, 0.717) is 12.0 Å². The number of hydrogen-bond donors (Lipinski definition) is 1. The van der Waals surface area contributed by atoms with Crippen LogP contribution in [0.25, 0.3) is 0 Å². The Balaban J connectivity index is 2.06. The zero-order chi connectivity index (χ0) is 15.5. The maximum absolute atomic E-state index is 11.8. The molecule has 1 aromatic rings. The fraction of sp³-hybridized carbons (Fsp3) is 0.706. The van der Waals surface area contributed by atoms with Gasteiger partial charge < -0.3 is 9.88 Å². The molecule has 0 aromatic carbocycles. The van der Waals surface area contributed by atoms with Gasteiger partial charge in [-0.05, 0) is 25.3 Å². The second kappa shape index (κ2) is 6.75. The highest BCUT2D eigenvalue weighted by Gasteiger charge is 2.35. The molecule has 4 heteroatoms. The van der Waals surface area contributed by atoms with Crippen molar-refractivity contribution in [3.63, 3.8) is 0 Å². The Bertz CT molecular complexity index is 511. The number of nitrogens with one attached hydrogen (secondary N) is 1. The number of nitrogens with zero attached hydrogens (tertiary/aromatic N) is 2. The van der Waals surface area contributed by atoms with Crippen molar-refractivity contribution >= 4 is 0 Å². The lowest BCUT2D eigenvalue weighted by Crippen LogP contribution is -2.64. The molecule has 0 radical (unpaired) electrons. The molecule has 0 aliphatic carbocycles. The summed E-state index contributed by atoms with van der Waals surface area (Å²) >= 11 is 0. The molecule has 1 fully saturated rings. The monoisotopic (exact) mass is 291 g/mol. The highest BCUT2D eigenvalue weighted by molar-refractivity contribution is 4.96. The molecule has 1 aliphatic rings. The van der Waals surface area contributed by atoms with Crippen LogP contribution in [-0.2, 0) is 6.54 Å². The summed E-state index contributed by atoms with van der Waals surface area (Å²) in [6.07, 6.45) is 3.01. The zero-order valence-corrected chi connectivity index (χ0v) is 13.8. The van der Waals surface area contributed by atoms with Crippen LogP contribution in [0.5, 0.6) is 0 Å². The van der Waals surface area contributed by atoms with Gasteiger partial charge in [0.25, 0.3) is 5.56 Å². The molecule has 0 spiro atoms. The molecule has 21 heavy (non-hydrogen) atoms. The van der Waals surface area contributed by atoms with Crippen LogP contribution in [-0.4, -0.2) is 40.7 Å². The molecule has 2 unspecified atom stereocenters. The topological polar surface area (TPSA) is 37.3 Å². The number of aromatic nitrogens is 1. The summed E-state index contributed by atoms with van der Waals surface area (Å²) in [6, 6.07) is 5.90. The van der Waals surface area contributed by atoms with Crippen molar-refractivity contribution in [2.24, 2.45) is 5.92 Å². The van der Waals surface area contributed by atoms with Crippen LogP contribution in [0.4, 0.5) is 0 Å². The van der Waals surface area contributed by atoms with Crippen LogP contribution in [0.15, 0.2) is 29.2 Å². The fourth-order valence-electron chi connectivity index (χ4n) is 3.12. The first-order valence-corrected chi connectivity index (χ1v) is 8.10. The minimum Gasteiger partial charge on any atom is -0.314 e. The summed E-state index contributed by atoms with van der Waals surface area (Å²) in [5.74, 6) is 0.617. The van der Waals surface area contributed by atoms with Gasteiger partial charge in [0.15, 0.2) is 0 Å². The van der Waals surface area contributed by atoms with Crippen molar-refractivity contribution in [3.8, 4) is 0 Å². The molecule has 1 N–H and O–H groups in total. The average Bonchev–Trinajstić information content (AvgIpc) is 2.46. The molecule has 0 bridgehead atoms. The average molecular weight is 291 g/mol. The van der Waals surface area contributed by atoms with E-state index in [-0.39, 0.29) is 11.1 Å². The van der Waals surface area contributed by atoms with E-state index in [2.05, 4.69) is 37.9 Å². The Morgan fingerprint density at radius 1 is 1.38 bits per heavy atom. The summed E-state index contributed by atoms with van der Waals surface area (Å²) in [6.45, 7) is 12.9. The SMILES string of the molecule is CCC1(C)CN(CCn2ccccc2=O)C(C(C)C)CN1. The summed E-state index contributed by atoms with van der Waals surface area (Å²) < 4.78 is 1.81. The maximum Gasteiger partial charge on any atom is 0.250 e. The van der Waals surface area contributed by atoms with Gasteiger partial charge in [-0.25, -0.2) is 0 Å². The van der Waals surface area contributed by atoms with Crippen molar-refractivity contribution in [3.05, 3.63) is 34.7 Å². The third kappa shape index (κ3) is 3.95. The maximum atomic E-state index is 11.8. The summed E-state index contributed by atoms with van der Waals surface area (Å²) in [4.78, 5) is 14.4. The zero-order valence-electron chi connectivity index (χ0n) is 13.8. The van der Waals surface area contributed by atoms with E-state index in [1.165, 1.54) is 0 Å². The van der Waals surface area contributed by atoms with Crippen molar-refractivity contribution < 1.29 is 0 Å².